The molecule has 2 heterocycles. The minimum absolute atomic E-state index is 0. The average Bonchev–Trinajstić information content (AvgIpc) is 2.44. The van der Waals surface area contributed by atoms with E-state index in [1.807, 2.05) is 24.3 Å². The Bertz CT molecular complexity index is 556. The molecular weight excluding hydrogens is 283 g/mol. The SMILES string of the molecule is Cl.Clc1ccc(OC2CCCNC2)c2ncccc12. The number of benzene rings is 1. The Balaban J connectivity index is 0.00000133. The number of nitrogens with one attached hydrogen (secondary N) is 1. The third-order valence-corrected chi connectivity index (χ3v) is 3.55. The summed E-state index contributed by atoms with van der Waals surface area (Å²) in [6.07, 6.45) is 4.24. The number of nitrogens with zero attached hydrogens (tertiary/aromatic N) is 1. The zero-order valence-electron chi connectivity index (χ0n) is 10.4. The molecule has 19 heavy (non-hydrogen) atoms. The fourth-order valence-corrected chi connectivity index (χ4v) is 2.52. The van der Waals surface area contributed by atoms with E-state index in [0.29, 0.717) is 5.02 Å². The maximum atomic E-state index is 6.16. The standard InChI is InChI=1S/C14H15ClN2O.ClH/c15-12-5-6-13(14-11(12)4-2-8-17-14)18-10-3-1-7-16-9-10;/h2,4-6,8,10,16H,1,3,7,9H2;1H. The summed E-state index contributed by atoms with van der Waals surface area (Å²) in [6, 6.07) is 7.64. The molecule has 3 rings (SSSR count). The minimum atomic E-state index is 0. The van der Waals surface area contributed by atoms with Gasteiger partial charge in [0.15, 0.2) is 0 Å². The van der Waals surface area contributed by atoms with Crippen LogP contribution in [0, 0.1) is 0 Å². The van der Waals surface area contributed by atoms with Gasteiger partial charge in [-0.3, -0.25) is 4.98 Å². The Kier molecular flexibility index (Phi) is 4.86. The smallest absolute Gasteiger partial charge is 0.146 e. The van der Waals surface area contributed by atoms with Gasteiger partial charge in [-0.05, 0) is 43.7 Å². The molecule has 0 amide bonds. The number of fused-ring (bicyclic) bond motifs is 1. The summed E-state index contributed by atoms with van der Waals surface area (Å²) in [4.78, 5) is 4.38. The van der Waals surface area contributed by atoms with Gasteiger partial charge < -0.3 is 10.1 Å². The second kappa shape index (κ2) is 6.42. The summed E-state index contributed by atoms with van der Waals surface area (Å²) < 4.78 is 6.04. The van der Waals surface area contributed by atoms with E-state index in [-0.39, 0.29) is 18.5 Å². The largest absolute Gasteiger partial charge is 0.487 e. The quantitative estimate of drug-likeness (QED) is 0.922. The molecule has 1 N–H and O–H groups in total. The van der Waals surface area contributed by atoms with Crippen LogP contribution in [0.3, 0.4) is 0 Å². The van der Waals surface area contributed by atoms with E-state index in [1.54, 1.807) is 6.20 Å². The number of hydrogen-bond donors (Lipinski definition) is 1. The molecular formula is C14H16Cl2N2O. The van der Waals surface area contributed by atoms with Crippen molar-refractivity contribution in [3.63, 3.8) is 0 Å². The third kappa shape index (κ3) is 3.11. The molecule has 0 radical (unpaired) electrons. The lowest BCUT2D eigenvalue weighted by atomic mass is 10.1. The zero-order chi connectivity index (χ0) is 12.4. The molecule has 5 heteroatoms. The van der Waals surface area contributed by atoms with Gasteiger partial charge in [-0.2, -0.15) is 0 Å². The molecule has 1 aliphatic heterocycles. The van der Waals surface area contributed by atoms with E-state index >= 15 is 0 Å². The molecule has 1 aromatic carbocycles. The molecule has 0 saturated carbocycles. The maximum absolute atomic E-state index is 6.16. The van der Waals surface area contributed by atoms with Gasteiger partial charge in [0.1, 0.15) is 17.4 Å². The molecule has 1 saturated heterocycles. The van der Waals surface area contributed by atoms with Crippen LogP contribution in [0.5, 0.6) is 5.75 Å². The van der Waals surface area contributed by atoms with Crippen molar-refractivity contribution < 1.29 is 4.74 Å². The first-order valence-electron chi connectivity index (χ1n) is 6.25. The van der Waals surface area contributed by atoms with Gasteiger partial charge in [0.2, 0.25) is 0 Å². The number of rotatable bonds is 2. The third-order valence-electron chi connectivity index (χ3n) is 3.22. The van der Waals surface area contributed by atoms with Gasteiger partial charge in [0, 0.05) is 18.1 Å². The summed E-state index contributed by atoms with van der Waals surface area (Å²) in [5.41, 5.74) is 0.843. The second-order valence-electron chi connectivity index (χ2n) is 4.53. The van der Waals surface area contributed by atoms with Crippen molar-refractivity contribution in [1.29, 1.82) is 0 Å². The van der Waals surface area contributed by atoms with E-state index in [1.165, 1.54) is 0 Å². The van der Waals surface area contributed by atoms with E-state index in [4.69, 9.17) is 16.3 Å². The van der Waals surface area contributed by atoms with E-state index < -0.39 is 0 Å². The predicted octanol–water partition coefficient (Wildman–Crippen LogP) is 3.44. The Labute approximate surface area is 123 Å². The van der Waals surface area contributed by atoms with Crippen LogP contribution < -0.4 is 10.1 Å². The van der Waals surface area contributed by atoms with Crippen molar-refractivity contribution in [2.75, 3.05) is 13.1 Å². The summed E-state index contributed by atoms with van der Waals surface area (Å²) >= 11 is 6.16. The Morgan fingerprint density at radius 3 is 3.00 bits per heavy atom. The van der Waals surface area contributed by atoms with Gasteiger partial charge in [0.05, 0.1) is 5.02 Å². The molecule has 1 atom stereocenters. The highest BCUT2D eigenvalue weighted by Gasteiger charge is 2.16. The van der Waals surface area contributed by atoms with Crippen LogP contribution >= 0.6 is 24.0 Å². The summed E-state index contributed by atoms with van der Waals surface area (Å²) in [5, 5.41) is 5.00. The molecule has 1 aliphatic rings. The molecule has 2 aromatic rings. The zero-order valence-corrected chi connectivity index (χ0v) is 12.0. The molecule has 0 bridgehead atoms. The van der Waals surface area contributed by atoms with Crippen molar-refractivity contribution in [3.8, 4) is 5.75 Å². The molecule has 3 nitrogen and oxygen atoms in total. The van der Waals surface area contributed by atoms with Crippen molar-refractivity contribution in [1.82, 2.24) is 10.3 Å². The highest BCUT2D eigenvalue weighted by molar-refractivity contribution is 6.35. The fourth-order valence-electron chi connectivity index (χ4n) is 2.31. The van der Waals surface area contributed by atoms with Gasteiger partial charge in [-0.1, -0.05) is 11.6 Å². The second-order valence-corrected chi connectivity index (χ2v) is 4.94. The van der Waals surface area contributed by atoms with Gasteiger partial charge >= 0.3 is 0 Å². The molecule has 0 aliphatic carbocycles. The van der Waals surface area contributed by atoms with Crippen LogP contribution in [0.25, 0.3) is 10.9 Å². The van der Waals surface area contributed by atoms with Crippen LogP contribution in [0.2, 0.25) is 5.02 Å². The van der Waals surface area contributed by atoms with Crippen LogP contribution in [0.15, 0.2) is 30.5 Å². The van der Waals surface area contributed by atoms with Crippen LogP contribution in [-0.2, 0) is 0 Å². The van der Waals surface area contributed by atoms with Crippen molar-refractivity contribution >= 4 is 34.9 Å². The number of halogens is 2. The Morgan fingerprint density at radius 1 is 1.32 bits per heavy atom. The van der Waals surface area contributed by atoms with Crippen molar-refractivity contribution in [3.05, 3.63) is 35.5 Å². The highest BCUT2D eigenvalue weighted by Crippen LogP contribution is 2.30. The van der Waals surface area contributed by atoms with E-state index in [2.05, 4.69) is 10.3 Å². The van der Waals surface area contributed by atoms with Crippen LogP contribution in [0.1, 0.15) is 12.8 Å². The van der Waals surface area contributed by atoms with Crippen LogP contribution in [-0.4, -0.2) is 24.2 Å². The normalized spacial score (nSPS) is 18.9. The van der Waals surface area contributed by atoms with Crippen LogP contribution in [0.4, 0.5) is 0 Å². The first-order chi connectivity index (χ1) is 8.84. The molecule has 102 valence electrons. The van der Waals surface area contributed by atoms with E-state index in [0.717, 1.165) is 42.6 Å². The minimum Gasteiger partial charge on any atom is -0.487 e. The highest BCUT2D eigenvalue weighted by atomic mass is 35.5. The van der Waals surface area contributed by atoms with E-state index in [9.17, 15) is 0 Å². The lowest BCUT2D eigenvalue weighted by Gasteiger charge is -2.24. The summed E-state index contributed by atoms with van der Waals surface area (Å²) in [7, 11) is 0. The fraction of sp³-hybridized carbons (Fsp3) is 0.357. The number of piperidine rings is 1. The number of pyridine rings is 1. The van der Waals surface area contributed by atoms with Crippen molar-refractivity contribution in [2.24, 2.45) is 0 Å². The summed E-state index contributed by atoms with van der Waals surface area (Å²) in [5.74, 6) is 0.823. The average molecular weight is 299 g/mol. The van der Waals surface area contributed by atoms with Gasteiger partial charge in [0.25, 0.3) is 0 Å². The molecule has 1 aromatic heterocycles. The number of hydrogen-bond acceptors (Lipinski definition) is 3. The van der Waals surface area contributed by atoms with Gasteiger partial charge in [-0.25, -0.2) is 0 Å². The number of aromatic nitrogens is 1. The lowest BCUT2D eigenvalue weighted by Crippen LogP contribution is -2.37. The monoisotopic (exact) mass is 298 g/mol. The predicted molar refractivity (Wildman–Crippen MR) is 80.5 cm³/mol. The maximum Gasteiger partial charge on any atom is 0.146 e. The Morgan fingerprint density at radius 2 is 2.21 bits per heavy atom. The number of ether oxygens (including phenoxy) is 1. The molecule has 1 fully saturated rings. The molecule has 1 unspecified atom stereocenters. The van der Waals surface area contributed by atoms with Gasteiger partial charge in [-0.15, -0.1) is 12.4 Å². The van der Waals surface area contributed by atoms with Crippen molar-refractivity contribution in [2.45, 2.75) is 18.9 Å². The Hall–Kier alpha value is -1.03. The topological polar surface area (TPSA) is 34.1 Å². The lowest BCUT2D eigenvalue weighted by molar-refractivity contribution is 0.169. The first kappa shape index (κ1) is 14.4. The molecule has 0 spiro atoms. The first-order valence-corrected chi connectivity index (χ1v) is 6.63. The summed E-state index contributed by atoms with van der Waals surface area (Å²) in [6.45, 7) is 1.98.